The molecule has 1 aromatic carbocycles. The summed E-state index contributed by atoms with van der Waals surface area (Å²) in [6, 6.07) is 5.96. The second kappa shape index (κ2) is 8.11. The number of nitrogens with one attached hydrogen (secondary N) is 1. The lowest BCUT2D eigenvalue weighted by atomic mass is 10.0. The van der Waals surface area contributed by atoms with Gasteiger partial charge in [0.15, 0.2) is 0 Å². The Morgan fingerprint density at radius 1 is 1.19 bits per heavy atom. The average molecular weight is 376 g/mol. The van der Waals surface area contributed by atoms with E-state index in [1.807, 2.05) is 6.07 Å². The number of methoxy groups -OCH3 is 2. The number of rotatable bonds is 6. The summed E-state index contributed by atoms with van der Waals surface area (Å²) in [4.78, 5) is 28.0. The number of carbonyl (C=O) groups excluding carboxylic acids is 1. The van der Waals surface area contributed by atoms with Gasteiger partial charge in [-0.15, -0.1) is 0 Å². The number of carboxylic acid groups (broad SMARTS) is 1. The minimum absolute atomic E-state index is 0.00722. The Balaban J connectivity index is 2.30. The molecule has 0 bridgehead atoms. The average Bonchev–Trinajstić information content (AvgIpc) is 2.58. The van der Waals surface area contributed by atoms with Crippen LogP contribution in [0.3, 0.4) is 0 Å². The van der Waals surface area contributed by atoms with E-state index >= 15 is 0 Å². The van der Waals surface area contributed by atoms with Crippen molar-refractivity contribution in [3.05, 3.63) is 29.8 Å². The molecule has 0 radical (unpaired) electrons. The Bertz CT molecular complexity index is 844. The number of hydrogen-bond acceptors (Lipinski definition) is 6. The maximum Gasteiger partial charge on any atom is 0.408 e. The van der Waals surface area contributed by atoms with Crippen LogP contribution in [0.4, 0.5) is 4.79 Å². The predicted molar refractivity (Wildman–Crippen MR) is 99.3 cm³/mol. The Morgan fingerprint density at radius 3 is 2.44 bits per heavy atom. The van der Waals surface area contributed by atoms with Gasteiger partial charge in [-0.25, -0.2) is 14.6 Å². The number of amides is 1. The van der Waals surface area contributed by atoms with E-state index in [9.17, 15) is 14.7 Å². The molecular formula is C19H24N2O6. The van der Waals surface area contributed by atoms with Crippen LogP contribution >= 0.6 is 0 Å². The van der Waals surface area contributed by atoms with Crippen molar-refractivity contribution in [2.75, 3.05) is 14.2 Å². The van der Waals surface area contributed by atoms with E-state index in [4.69, 9.17) is 14.2 Å². The minimum Gasteiger partial charge on any atom is -0.497 e. The molecule has 8 nitrogen and oxygen atoms in total. The second-order valence-electron chi connectivity index (χ2n) is 6.96. The van der Waals surface area contributed by atoms with Crippen molar-refractivity contribution in [2.45, 2.75) is 38.8 Å². The van der Waals surface area contributed by atoms with E-state index in [1.54, 1.807) is 46.1 Å². The molecule has 8 heteroatoms. The topological polar surface area (TPSA) is 107 Å². The number of fused-ring (bicyclic) bond motifs is 1. The SMILES string of the molecule is COc1ccc2cc(CC(NC(=O)OC(C)(C)C)C(=O)O)c(OC)nc2c1. The van der Waals surface area contributed by atoms with Crippen molar-refractivity contribution in [2.24, 2.45) is 0 Å². The Morgan fingerprint density at radius 2 is 1.89 bits per heavy atom. The minimum atomic E-state index is -1.19. The number of carbonyl (C=O) groups is 2. The van der Waals surface area contributed by atoms with Gasteiger partial charge >= 0.3 is 12.1 Å². The molecule has 2 rings (SSSR count). The fourth-order valence-electron chi connectivity index (χ4n) is 2.49. The van der Waals surface area contributed by atoms with Gasteiger partial charge in [-0.3, -0.25) is 0 Å². The Labute approximate surface area is 157 Å². The van der Waals surface area contributed by atoms with E-state index in [0.717, 1.165) is 5.39 Å². The van der Waals surface area contributed by atoms with Crippen molar-refractivity contribution in [1.82, 2.24) is 10.3 Å². The van der Waals surface area contributed by atoms with Gasteiger partial charge in [-0.05, 0) is 39.0 Å². The second-order valence-corrected chi connectivity index (χ2v) is 6.96. The molecule has 146 valence electrons. The lowest BCUT2D eigenvalue weighted by molar-refractivity contribution is -0.139. The summed E-state index contributed by atoms with van der Waals surface area (Å²) in [5.41, 5.74) is 0.481. The molecule has 2 aromatic rings. The third kappa shape index (κ3) is 5.47. The van der Waals surface area contributed by atoms with Crippen molar-refractivity contribution >= 4 is 23.0 Å². The molecule has 0 saturated carbocycles. The largest absolute Gasteiger partial charge is 0.497 e. The molecule has 1 aromatic heterocycles. The lowest BCUT2D eigenvalue weighted by Gasteiger charge is -2.22. The molecule has 27 heavy (non-hydrogen) atoms. The fourth-order valence-corrected chi connectivity index (χ4v) is 2.49. The molecule has 0 fully saturated rings. The van der Waals surface area contributed by atoms with E-state index in [0.29, 0.717) is 16.8 Å². The normalized spacial score (nSPS) is 12.3. The number of ether oxygens (including phenoxy) is 3. The van der Waals surface area contributed by atoms with Gasteiger partial charge in [0.25, 0.3) is 0 Å². The number of pyridine rings is 1. The van der Waals surface area contributed by atoms with Crippen LogP contribution in [-0.4, -0.2) is 48.0 Å². The molecule has 1 unspecified atom stereocenters. The van der Waals surface area contributed by atoms with Gasteiger partial charge in [0, 0.05) is 23.4 Å². The van der Waals surface area contributed by atoms with Crippen LogP contribution in [0.2, 0.25) is 0 Å². The van der Waals surface area contributed by atoms with E-state index in [2.05, 4.69) is 10.3 Å². The van der Waals surface area contributed by atoms with Crippen LogP contribution in [0.5, 0.6) is 11.6 Å². The zero-order valence-electron chi connectivity index (χ0n) is 16.0. The fraction of sp³-hybridized carbons (Fsp3) is 0.421. The number of aromatic nitrogens is 1. The maximum absolute atomic E-state index is 11.9. The molecule has 0 aliphatic carbocycles. The first-order chi connectivity index (χ1) is 12.6. The number of benzene rings is 1. The van der Waals surface area contributed by atoms with Gasteiger partial charge in [0.1, 0.15) is 17.4 Å². The lowest BCUT2D eigenvalue weighted by Crippen LogP contribution is -2.44. The summed E-state index contributed by atoms with van der Waals surface area (Å²) in [5, 5.41) is 12.7. The molecule has 0 aliphatic heterocycles. The van der Waals surface area contributed by atoms with Crippen molar-refractivity contribution in [3.8, 4) is 11.6 Å². The highest BCUT2D eigenvalue weighted by atomic mass is 16.6. The van der Waals surface area contributed by atoms with Gasteiger partial charge in [-0.1, -0.05) is 0 Å². The van der Waals surface area contributed by atoms with Crippen LogP contribution < -0.4 is 14.8 Å². The summed E-state index contributed by atoms with van der Waals surface area (Å²) in [7, 11) is 3.02. The van der Waals surface area contributed by atoms with E-state index in [1.165, 1.54) is 7.11 Å². The zero-order valence-corrected chi connectivity index (χ0v) is 16.0. The molecule has 2 N–H and O–H groups in total. The number of alkyl carbamates (subject to hydrolysis) is 1. The van der Waals surface area contributed by atoms with Gasteiger partial charge in [0.2, 0.25) is 5.88 Å². The van der Waals surface area contributed by atoms with Gasteiger partial charge in [0.05, 0.1) is 19.7 Å². The first-order valence-corrected chi connectivity index (χ1v) is 8.37. The summed E-state index contributed by atoms with van der Waals surface area (Å²) in [6.45, 7) is 5.10. The van der Waals surface area contributed by atoms with Crippen molar-refractivity contribution < 1.29 is 28.9 Å². The number of hydrogen-bond donors (Lipinski definition) is 2. The number of nitrogens with zero attached hydrogens (tertiary/aromatic N) is 1. The smallest absolute Gasteiger partial charge is 0.408 e. The zero-order chi connectivity index (χ0) is 20.2. The predicted octanol–water partition coefficient (Wildman–Crippen LogP) is 2.77. The van der Waals surface area contributed by atoms with Crippen LogP contribution in [0, 0.1) is 0 Å². The summed E-state index contributed by atoms with van der Waals surface area (Å²) >= 11 is 0. The summed E-state index contributed by atoms with van der Waals surface area (Å²) in [6.07, 6.45) is -0.806. The molecule has 0 saturated heterocycles. The summed E-state index contributed by atoms with van der Waals surface area (Å²) < 4.78 is 15.6. The van der Waals surface area contributed by atoms with E-state index < -0.39 is 23.7 Å². The summed E-state index contributed by atoms with van der Waals surface area (Å²) in [5.74, 6) is -0.245. The molecule has 1 amide bonds. The van der Waals surface area contributed by atoms with Crippen molar-refractivity contribution in [3.63, 3.8) is 0 Å². The van der Waals surface area contributed by atoms with Gasteiger partial charge in [-0.2, -0.15) is 0 Å². The molecule has 1 atom stereocenters. The molecular weight excluding hydrogens is 352 g/mol. The maximum atomic E-state index is 11.9. The van der Waals surface area contributed by atoms with Gasteiger partial charge < -0.3 is 24.6 Å². The van der Waals surface area contributed by atoms with E-state index in [-0.39, 0.29) is 12.3 Å². The van der Waals surface area contributed by atoms with Crippen LogP contribution in [0.25, 0.3) is 10.9 Å². The number of carboxylic acids is 1. The first-order valence-electron chi connectivity index (χ1n) is 8.37. The standard InChI is InChI=1S/C19H24N2O6/c1-19(2,3)27-18(24)21-15(17(22)23)9-12-8-11-6-7-13(25-4)10-14(11)20-16(12)26-5/h6-8,10,15H,9H2,1-5H3,(H,21,24)(H,22,23). The Hall–Kier alpha value is -3.03. The molecule has 1 heterocycles. The number of aliphatic carboxylic acids is 1. The van der Waals surface area contributed by atoms with Crippen LogP contribution in [0.15, 0.2) is 24.3 Å². The third-order valence-electron chi connectivity index (χ3n) is 3.67. The third-order valence-corrected chi connectivity index (χ3v) is 3.67. The van der Waals surface area contributed by atoms with Crippen LogP contribution in [0.1, 0.15) is 26.3 Å². The highest BCUT2D eigenvalue weighted by molar-refractivity contribution is 5.83. The molecule has 0 aliphatic rings. The van der Waals surface area contributed by atoms with Crippen molar-refractivity contribution in [1.29, 1.82) is 0 Å². The highest BCUT2D eigenvalue weighted by Crippen LogP contribution is 2.26. The Kier molecular flexibility index (Phi) is 6.09. The quantitative estimate of drug-likeness (QED) is 0.798. The highest BCUT2D eigenvalue weighted by Gasteiger charge is 2.26. The molecule has 0 spiro atoms. The van der Waals surface area contributed by atoms with Crippen LogP contribution in [-0.2, 0) is 16.0 Å². The first kappa shape index (κ1) is 20.3. The monoisotopic (exact) mass is 376 g/mol.